The summed E-state index contributed by atoms with van der Waals surface area (Å²) in [6, 6.07) is 13.2. The van der Waals surface area contributed by atoms with Crippen molar-refractivity contribution in [3.8, 4) is 11.5 Å². The third-order valence-corrected chi connectivity index (χ3v) is 6.71. The van der Waals surface area contributed by atoms with Crippen LogP contribution in [0.3, 0.4) is 0 Å². The summed E-state index contributed by atoms with van der Waals surface area (Å²) in [5, 5.41) is 2.84. The highest BCUT2D eigenvalue weighted by atomic mass is 32.2. The molecule has 1 atom stereocenters. The lowest BCUT2D eigenvalue weighted by Gasteiger charge is -2.20. The van der Waals surface area contributed by atoms with Crippen molar-refractivity contribution in [2.45, 2.75) is 44.0 Å². The molecule has 0 radical (unpaired) electrons. The molecule has 31 heavy (non-hydrogen) atoms. The van der Waals surface area contributed by atoms with Gasteiger partial charge in [-0.3, -0.25) is 4.79 Å². The van der Waals surface area contributed by atoms with Crippen LogP contribution in [0.5, 0.6) is 11.5 Å². The minimum absolute atomic E-state index is 0.151. The lowest BCUT2D eigenvalue weighted by Crippen LogP contribution is -2.39. The van der Waals surface area contributed by atoms with Crippen LogP contribution in [0.4, 0.5) is 0 Å². The van der Waals surface area contributed by atoms with Crippen LogP contribution < -0.4 is 14.8 Å². The number of nitrogens with one attached hydrogen (secondary N) is 1. The fourth-order valence-electron chi connectivity index (χ4n) is 3.04. The second-order valence-corrected chi connectivity index (χ2v) is 9.37. The van der Waals surface area contributed by atoms with Gasteiger partial charge in [-0.1, -0.05) is 44.0 Å². The Bertz CT molecular complexity index is 948. The third-order valence-electron chi connectivity index (χ3n) is 4.89. The largest absolute Gasteiger partial charge is 0.493 e. The molecule has 0 fully saturated rings. The molecule has 0 aliphatic rings. The molecule has 0 heterocycles. The highest BCUT2D eigenvalue weighted by molar-refractivity contribution is 7.89. The molecule has 1 N–H and O–H groups in total. The zero-order valence-electron chi connectivity index (χ0n) is 18.6. The molecule has 0 saturated carbocycles. The van der Waals surface area contributed by atoms with Gasteiger partial charge < -0.3 is 14.8 Å². The number of carbonyl (C=O) groups is 1. The van der Waals surface area contributed by atoms with Gasteiger partial charge in [-0.2, -0.15) is 4.31 Å². The number of rotatable bonds is 12. The number of likely N-dealkylation sites (N-methyl/N-ethyl adjacent to an activating group) is 1. The fraction of sp³-hybridized carbons (Fsp3) is 0.435. The average molecular weight is 449 g/mol. The number of amides is 1. The quantitative estimate of drug-likeness (QED) is 0.500. The van der Waals surface area contributed by atoms with E-state index in [0.717, 1.165) is 29.1 Å². The molecule has 8 heteroatoms. The van der Waals surface area contributed by atoms with Gasteiger partial charge in [0, 0.05) is 7.05 Å². The van der Waals surface area contributed by atoms with Crippen LogP contribution in [0.25, 0.3) is 0 Å². The first-order chi connectivity index (χ1) is 14.8. The van der Waals surface area contributed by atoms with E-state index < -0.39 is 15.9 Å². The molecule has 7 nitrogen and oxygen atoms in total. The Morgan fingerprint density at radius 3 is 2.45 bits per heavy atom. The zero-order chi connectivity index (χ0) is 22.9. The number of hydrogen-bond acceptors (Lipinski definition) is 5. The molecule has 2 aromatic carbocycles. The lowest BCUT2D eigenvalue weighted by atomic mass is 10.1. The number of ether oxygens (including phenoxy) is 2. The van der Waals surface area contributed by atoms with Gasteiger partial charge in [0.2, 0.25) is 15.9 Å². The van der Waals surface area contributed by atoms with Gasteiger partial charge in [0.05, 0.1) is 31.2 Å². The first-order valence-electron chi connectivity index (χ1n) is 10.4. The van der Waals surface area contributed by atoms with Gasteiger partial charge in [-0.05, 0) is 43.2 Å². The summed E-state index contributed by atoms with van der Waals surface area (Å²) in [4.78, 5) is 12.6. The van der Waals surface area contributed by atoms with E-state index in [1.165, 1.54) is 19.2 Å². The molecule has 0 spiro atoms. The van der Waals surface area contributed by atoms with Crippen molar-refractivity contribution in [3.05, 3.63) is 54.1 Å². The Labute approximate surface area is 185 Å². The average Bonchev–Trinajstić information content (AvgIpc) is 2.77. The normalized spacial score (nSPS) is 12.4. The summed E-state index contributed by atoms with van der Waals surface area (Å²) in [6.45, 7) is 4.31. The number of methoxy groups -OCH3 is 1. The van der Waals surface area contributed by atoms with Crippen molar-refractivity contribution in [3.63, 3.8) is 0 Å². The van der Waals surface area contributed by atoms with E-state index in [1.807, 2.05) is 25.1 Å². The topological polar surface area (TPSA) is 84.9 Å². The van der Waals surface area contributed by atoms with Crippen LogP contribution >= 0.6 is 0 Å². The number of hydrogen-bond donors (Lipinski definition) is 1. The number of nitrogens with zero attached hydrogens (tertiary/aromatic N) is 1. The Morgan fingerprint density at radius 1 is 1.10 bits per heavy atom. The van der Waals surface area contributed by atoms with Crippen LogP contribution in [0.2, 0.25) is 0 Å². The Hall–Kier alpha value is -2.58. The maximum Gasteiger partial charge on any atom is 0.243 e. The summed E-state index contributed by atoms with van der Waals surface area (Å²) >= 11 is 0. The first-order valence-corrected chi connectivity index (χ1v) is 11.8. The highest BCUT2D eigenvalue weighted by Gasteiger charge is 2.23. The summed E-state index contributed by atoms with van der Waals surface area (Å²) in [7, 11) is -0.765. The number of sulfonamides is 1. The first kappa shape index (κ1) is 24.7. The van der Waals surface area contributed by atoms with E-state index in [1.54, 1.807) is 25.3 Å². The van der Waals surface area contributed by atoms with Crippen LogP contribution in [0.1, 0.15) is 44.7 Å². The highest BCUT2D eigenvalue weighted by Crippen LogP contribution is 2.30. The summed E-state index contributed by atoms with van der Waals surface area (Å²) in [6.07, 6.45) is 3.21. The SMILES string of the molecule is CCCCCOc1ccc(C(C)NC(=O)CN(C)S(=O)(=O)c2ccccc2)cc1OC. The van der Waals surface area contributed by atoms with E-state index in [2.05, 4.69) is 12.2 Å². The molecular formula is C23H32N2O5S. The van der Waals surface area contributed by atoms with Gasteiger partial charge in [-0.15, -0.1) is 0 Å². The van der Waals surface area contributed by atoms with E-state index in [-0.39, 0.29) is 17.5 Å². The third kappa shape index (κ3) is 6.97. The summed E-state index contributed by atoms with van der Waals surface area (Å²) in [5.74, 6) is 0.863. The van der Waals surface area contributed by atoms with E-state index >= 15 is 0 Å². The molecule has 0 saturated heterocycles. The van der Waals surface area contributed by atoms with Crippen LogP contribution in [-0.2, 0) is 14.8 Å². The number of unbranched alkanes of at least 4 members (excludes halogenated alkanes) is 2. The molecule has 2 aromatic rings. The van der Waals surface area contributed by atoms with E-state index in [0.29, 0.717) is 18.1 Å². The number of carbonyl (C=O) groups excluding carboxylic acids is 1. The molecule has 170 valence electrons. The summed E-state index contributed by atoms with van der Waals surface area (Å²) < 4.78 is 37.4. The zero-order valence-corrected chi connectivity index (χ0v) is 19.4. The van der Waals surface area contributed by atoms with Gasteiger partial charge in [-0.25, -0.2) is 8.42 Å². The second-order valence-electron chi connectivity index (χ2n) is 7.33. The predicted molar refractivity (Wildman–Crippen MR) is 121 cm³/mol. The number of benzene rings is 2. The van der Waals surface area contributed by atoms with Crippen molar-refractivity contribution in [2.75, 3.05) is 27.3 Å². The maximum atomic E-state index is 12.6. The van der Waals surface area contributed by atoms with Crippen LogP contribution in [0.15, 0.2) is 53.4 Å². The lowest BCUT2D eigenvalue weighted by molar-refractivity contribution is -0.121. The molecule has 0 bridgehead atoms. The molecule has 1 unspecified atom stereocenters. The van der Waals surface area contributed by atoms with Crippen molar-refractivity contribution in [1.82, 2.24) is 9.62 Å². The monoisotopic (exact) mass is 448 g/mol. The minimum atomic E-state index is -3.73. The molecule has 0 aliphatic carbocycles. The van der Waals surface area contributed by atoms with E-state index in [4.69, 9.17) is 9.47 Å². The van der Waals surface area contributed by atoms with E-state index in [9.17, 15) is 13.2 Å². The molecular weight excluding hydrogens is 416 g/mol. The van der Waals surface area contributed by atoms with Crippen molar-refractivity contribution in [1.29, 1.82) is 0 Å². The van der Waals surface area contributed by atoms with Crippen LogP contribution in [0, 0.1) is 0 Å². The fourth-order valence-corrected chi connectivity index (χ4v) is 4.19. The van der Waals surface area contributed by atoms with Crippen LogP contribution in [-0.4, -0.2) is 45.9 Å². The second kappa shape index (κ2) is 11.7. The van der Waals surface area contributed by atoms with Gasteiger partial charge in [0.15, 0.2) is 11.5 Å². The molecule has 1 amide bonds. The standard InChI is InChI=1S/C23H32N2O5S/c1-5-6-10-15-30-21-14-13-19(16-22(21)29-4)18(2)24-23(26)17-25(3)31(27,28)20-11-8-7-9-12-20/h7-9,11-14,16,18H,5-6,10,15,17H2,1-4H3,(H,24,26). The molecule has 2 rings (SSSR count). The smallest absolute Gasteiger partial charge is 0.243 e. The Kier molecular flexibility index (Phi) is 9.33. The van der Waals surface area contributed by atoms with Gasteiger partial charge in [0.25, 0.3) is 0 Å². The van der Waals surface area contributed by atoms with Gasteiger partial charge in [0.1, 0.15) is 0 Å². The predicted octanol–water partition coefficient (Wildman–Crippen LogP) is 3.76. The Balaban J connectivity index is 1.99. The molecule has 0 aliphatic heterocycles. The van der Waals surface area contributed by atoms with Gasteiger partial charge >= 0.3 is 0 Å². The van der Waals surface area contributed by atoms with Crippen molar-refractivity contribution < 1.29 is 22.7 Å². The maximum absolute atomic E-state index is 12.6. The minimum Gasteiger partial charge on any atom is -0.493 e. The summed E-state index contributed by atoms with van der Waals surface area (Å²) in [5.41, 5.74) is 0.833. The van der Waals surface area contributed by atoms with Crippen molar-refractivity contribution in [2.24, 2.45) is 0 Å². The molecule has 0 aromatic heterocycles. The van der Waals surface area contributed by atoms with Crippen molar-refractivity contribution >= 4 is 15.9 Å². The Morgan fingerprint density at radius 2 is 1.81 bits per heavy atom.